The van der Waals surface area contributed by atoms with Crippen LogP contribution in [0.4, 0.5) is 4.39 Å². The number of H-pyrrole nitrogens is 1. The summed E-state index contributed by atoms with van der Waals surface area (Å²) < 4.78 is 13.2. The number of halogens is 2. The second kappa shape index (κ2) is 4.14. The molecule has 1 aromatic heterocycles. The lowest BCUT2D eigenvalue weighted by atomic mass is 10.1. The van der Waals surface area contributed by atoms with Crippen molar-refractivity contribution in [3.63, 3.8) is 0 Å². The van der Waals surface area contributed by atoms with Gasteiger partial charge < -0.3 is 10.7 Å². The molecule has 0 aliphatic heterocycles. The maximum absolute atomic E-state index is 13.2. The Hall–Kier alpha value is -1.55. The molecule has 0 fully saturated rings. The van der Waals surface area contributed by atoms with Crippen molar-refractivity contribution in [2.24, 2.45) is 5.73 Å². The van der Waals surface area contributed by atoms with Crippen molar-refractivity contribution in [2.45, 2.75) is 13.8 Å². The van der Waals surface area contributed by atoms with Gasteiger partial charge in [0.2, 0.25) is 0 Å². The Morgan fingerprint density at radius 3 is 2.56 bits per heavy atom. The SMILES string of the molecule is Cc1[nH]c2c(C(N)=O)cc(F)cc2c1C.Cl. The summed E-state index contributed by atoms with van der Waals surface area (Å²) >= 11 is 0. The van der Waals surface area contributed by atoms with Gasteiger partial charge in [0.05, 0.1) is 11.1 Å². The fraction of sp³-hybridized carbons (Fsp3) is 0.182. The maximum Gasteiger partial charge on any atom is 0.250 e. The van der Waals surface area contributed by atoms with Crippen LogP contribution in [0.2, 0.25) is 0 Å². The van der Waals surface area contributed by atoms with E-state index in [4.69, 9.17) is 5.73 Å². The van der Waals surface area contributed by atoms with E-state index < -0.39 is 11.7 Å². The third-order valence-electron chi connectivity index (χ3n) is 2.65. The van der Waals surface area contributed by atoms with Crippen molar-refractivity contribution < 1.29 is 9.18 Å². The number of hydrogen-bond donors (Lipinski definition) is 2. The lowest BCUT2D eigenvalue weighted by Crippen LogP contribution is -2.11. The zero-order chi connectivity index (χ0) is 11.2. The number of hydrogen-bond acceptors (Lipinski definition) is 1. The summed E-state index contributed by atoms with van der Waals surface area (Å²) in [5.41, 5.74) is 7.84. The van der Waals surface area contributed by atoms with E-state index in [1.54, 1.807) is 0 Å². The van der Waals surface area contributed by atoms with Gasteiger partial charge in [0.25, 0.3) is 5.91 Å². The number of primary amides is 1. The Bertz CT molecular complexity index is 563. The second-order valence-corrected chi connectivity index (χ2v) is 3.62. The molecule has 1 amide bonds. The highest BCUT2D eigenvalue weighted by atomic mass is 35.5. The lowest BCUT2D eigenvalue weighted by Gasteiger charge is -1.99. The van der Waals surface area contributed by atoms with Crippen LogP contribution in [0.5, 0.6) is 0 Å². The minimum Gasteiger partial charge on any atom is -0.366 e. The van der Waals surface area contributed by atoms with Crippen molar-refractivity contribution in [1.82, 2.24) is 4.98 Å². The molecule has 3 N–H and O–H groups in total. The number of nitrogens with two attached hydrogens (primary N) is 1. The number of nitrogens with one attached hydrogen (secondary N) is 1. The van der Waals surface area contributed by atoms with Gasteiger partial charge in [0.1, 0.15) is 5.82 Å². The molecule has 0 atom stereocenters. The van der Waals surface area contributed by atoms with E-state index in [9.17, 15) is 9.18 Å². The highest BCUT2D eigenvalue weighted by Crippen LogP contribution is 2.25. The van der Waals surface area contributed by atoms with Gasteiger partial charge >= 0.3 is 0 Å². The van der Waals surface area contributed by atoms with Crippen molar-refractivity contribution in [3.8, 4) is 0 Å². The number of benzene rings is 1. The van der Waals surface area contributed by atoms with E-state index in [1.807, 2.05) is 13.8 Å². The number of aryl methyl sites for hydroxylation is 2. The van der Waals surface area contributed by atoms with Crippen molar-refractivity contribution in [2.75, 3.05) is 0 Å². The fourth-order valence-electron chi connectivity index (χ4n) is 1.71. The third-order valence-corrected chi connectivity index (χ3v) is 2.65. The van der Waals surface area contributed by atoms with E-state index in [2.05, 4.69) is 4.98 Å². The van der Waals surface area contributed by atoms with Gasteiger partial charge in [-0.05, 0) is 31.5 Å². The lowest BCUT2D eigenvalue weighted by molar-refractivity contribution is 0.100. The highest BCUT2D eigenvalue weighted by molar-refractivity contribution is 6.06. The Labute approximate surface area is 98.2 Å². The Morgan fingerprint density at radius 2 is 2.00 bits per heavy atom. The number of fused-ring (bicyclic) bond motifs is 1. The molecule has 0 aliphatic carbocycles. The number of aromatic amines is 1. The zero-order valence-electron chi connectivity index (χ0n) is 8.93. The smallest absolute Gasteiger partial charge is 0.250 e. The van der Waals surface area contributed by atoms with E-state index >= 15 is 0 Å². The van der Waals surface area contributed by atoms with Crippen LogP contribution in [0, 0.1) is 19.7 Å². The summed E-state index contributed by atoms with van der Waals surface area (Å²) in [7, 11) is 0. The van der Waals surface area contributed by atoms with E-state index in [1.165, 1.54) is 6.07 Å². The summed E-state index contributed by atoms with van der Waals surface area (Å²) in [4.78, 5) is 14.2. The number of carbonyl (C=O) groups is 1. The van der Waals surface area contributed by atoms with Gasteiger partial charge in [-0.3, -0.25) is 4.79 Å². The van der Waals surface area contributed by atoms with Gasteiger partial charge in [-0.1, -0.05) is 0 Å². The minimum atomic E-state index is -0.624. The van der Waals surface area contributed by atoms with Crippen LogP contribution in [0.3, 0.4) is 0 Å². The molecule has 3 nitrogen and oxygen atoms in total. The molecular formula is C11H12ClFN2O. The van der Waals surface area contributed by atoms with Crippen LogP contribution in [0.15, 0.2) is 12.1 Å². The number of aromatic nitrogens is 1. The normalized spacial score (nSPS) is 10.2. The summed E-state index contributed by atoms with van der Waals surface area (Å²) in [5, 5.41) is 0.710. The quantitative estimate of drug-likeness (QED) is 0.793. The predicted octanol–water partition coefficient (Wildman–Crippen LogP) is 2.44. The van der Waals surface area contributed by atoms with E-state index in [0.29, 0.717) is 10.9 Å². The van der Waals surface area contributed by atoms with Crippen LogP contribution in [0.1, 0.15) is 21.6 Å². The van der Waals surface area contributed by atoms with Crippen LogP contribution in [-0.2, 0) is 0 Å². The predicted molar refractivity (Wildman–Crippen MR) is 63.5 cm³/mol. The van der Waals surface area contributed by atoms with Gasteiger partial charge in [-0.2, -0.15) is 0 Å². The molecular weight excluding hydrogens is 231 g/mol. The van der Waals surface area contributed by atoms with Crippen molar-refractivity contribution >= 4 is 29.2 Å². The fourth-order valence-corrected chi connectivity index (χ4v) is 1.71. The molecule has 0 unspecified atom stereocenters. The average Bonchev–Trinajstić information content (AvgIpc) is 2.43. The van der Waals surface area contributed by atoms with Gasteiger partial charge in [-0.25, -0.2) is 4.39 Å². The molecule has 2 aromatic rings. The standard InChI is InChI=1S/C11H11FN2O.ClH/c1-5-6(2)14-10-8(5)3-7(12)4-9(10)11(13)15;/h3-4,14H,1-2H3,(H2,13,15);1H. The molecule has 0 spiro atoms. The van der Waals surface area contributed by atoms with Crippen LogP contribution < -0.4 is 5.73 Å². The topological polar surface area (TPSA) is 58.9 Å². The van der Waals surface area contributed by atoms with Crippen molar-refractivity contribution in [1.29, 1.82) is 0 Å². The number of rotatable bonds is 1. The molecule has 86 valence electrons. The first kappa shape index (κ1) is 12.5. The molecule has 0 aliphatic rings. The Balaban J connectivity index is 0.00000128. The molecule has 1 heterocycles. The number of carbonyl (C=O) groups excluding carboxylic acids is 1. The van der Waals surface area contributed by atoms with Gasteiger partial charge in [-0.15, -0.1) is 12.4 Å². The summed E-state index contributed by atoms with van der Waals surface area (Å²) in [6, 6.07) is 2.56. The first-order valence-corrected chi connectivity index (χ1v) is 4.59. The summed E-state index contributed by atoms with van der Waals surface area (Å²) in [5.74, 6) is -1.07. The maximum atomic E-state index is 13.2. The molecule has 0 saturated heterocycles. The van der Waals surface area contributed by atoms with E-state index in [-0.39, 0.29) is 18.0 Å². The molecule has 0 radical (unpaired) electrons. The summed E-state index contributed by atoms with van der Waals surface area (Å²) in [6.45, 7) is 3.75. The monoisotopic (exact) mass is 242 g/mol. The first-order chi connectivity index (χ1) is 7.00. The van der Waals surface area contributed by atoms with Gasteiger partial charge in [0, 0.05) is 11.1 Å². The molecule has 0 saturated carbocycles. The Morgan fingerprint density at radius 1 is 1.38 bits per heavy atom. The first-order valence-electron chi connectivity index (χ1n) is 4.59. The number of amides is 1. The molecule has 0 bridgehead atoms. The molecule has 16 heavy (non-hydrogen) atoms. The highest BCUT2D eigenvalue weighted by Gasteiger charge is 2.13. The third kappa shape index (κ3) is 1.76. The largest absolute Gasteiger partial charge is 0.366 e. The molecule has 5 heteroatoms. The summed E-state index contributed by atoms with van der Waals surface area (Å²) in [6.07, 6.45) is 0. The average molecular weight is 243 g/mol. The van der Waals surface area contributed by atoms with Gasteiger partial charge in [0.15, 0.2) is 0 Å². The van der Waals surface area contributed by atoms with Crippen LogP contribution >= 0.6 is 12.4 Å². The molecule has 1 aromatic carbocycles. The Kier molecular flexibility index (Phi) is 3.24. The van der Waals surface area contributed by atoms with E-state index in [0.717, 1.165) is 17.3 Å². The van der Waals surface area contributed by atoms with Crippen LogP contribution in [0.25, 0.3) is 10.9 Å². The zero-order valence-corrected chi connectivity index (χ0v) is 9.74. The van der Waals surface area contributed by atoms with Crippen molar-refractivity contribution in [3.05, 3.63) is 34.8 Å². The second-order valence-electron chi connectivity index (χ2n) is 3.62. The molecule has 2 rings (SSSR count). The minimum absolute atomic E-state index is 0. The van der Waals surface area contributed by atoms with Crippen LogP contribution in [-0.4, -0.2) is 10.9 Å².